The van der Waals surface area contributed by atoms with Crippen molar-refractivity contribution in [3.63, 3.8) is 0 Å². The lowest BCUT2D eigenvalue weighted by molar-refractivity contribution is -0.138. The summed E-state index contributed by atoms with van der Waals surface area (Å²) in [6, 6.07) is 8.57. The van der Waals surface area contributed by atoms with Crippen molar-refractivity contribution in [2.24, 2.45) is 17.8 Å². The minimum absolute atomic E-state index is 0.254. The second kappa shape index (κ2) is 10.4. The molecular weight excluding hydrogens is 308 g/mol. The van der Waals surface area contributed by atoms with Crippen molar-refractivity contribution >= 4 is 12.0 Å². The number of esters is 1. The Hall–Kier alpha value is -1.57. The van der Waals surface area contributed by atoms with E-state index in [0.29, 0.717) is 12.5 Å². The maximum absolute atomic E-state index is 11.7. The first-order valence-corrected chi connectivity index (χ1v) is 10.0. The van der Waals surface area contributed by atoms with Crippen molar-refractivity contribution in [1.29, 1.82) is 0 Å². The lowest BCUT2D eigenvalue weighted by Crippen LogP contribution is -2.12. The van der Waals surface area contributed by atoms with Gasteiger partial charge in [-0.3, -0.25) is 0 Å². The Morgan fingerprint density at radius 1 is 1.20 bits per heavy atom. The molecule has 0 spiro atoms. The van der Waals surface area contributed by atoms with Crippen LogP contribution in [0.5, 0.6) is 0 Å². The number of hydrogen-bond acceptors (Lipinski definition) is 2. The van der Waals surface area contributed by atoms with E-state index in [1.807, 2.05) is 6.08 Å². The van der Waals surface area contributed by atoms with Gasteiger partial charge in [0, 0.05) is 6.08 Å². The molecule has 1 fully saturated rings. The van der Waals surface area contributed by atoms with Crippen molar-refractivity contribution < 1.29 is 9.53 Å². The van der Waals surface area contributed by atoms with Crippen LogP contribution in [0.2, 0.25) is 0 Å². The van der Waals surface area contributed by atoms with Crippen molar-refractivity contribution in [2.75, 3.05) is 6.61 Å². The van der Waals surface area contributed by atoms with Gasteiger partial charge in [-0.1, -0.05) is 77.1 Å². The van der Waals surface area contributed by atoms with Gasteiger partial charge in [0.15, 0.2) is 0 Å². The zero-order valence-corrected chi connectivity index (χ0v) is 16.2. The third-order valence-electron chi connectivity index (χ3n) is 5.58. The van der Waals surface area contributed by atoms with E-state index in [4.69, 9.17) is 4.74 Å². The normalized spacial score (nSPS) is 22.0. The van der Waals surface area contributed by atoms with Crippen LogP contribution >= 0.6 is 0 Å². The highest BCUT2D eigenvalue weighted by molar-refractivity contribution is 5.87. The molecule has 1 unspecified atom stereocenters. The Kier molecular flexibility index (Phi) is 8.24. The number of carbonyl (C=O) groups excluding carboxylic acids is 1. The van der Waals surface area contributed by atoms with Crippen LogP contribution < -0.4 is 0 Å². The van der Waals surface area contributed by atoms with Crippen LogP contribution in [0, 0.1) is 17.8 Å². The minimum atomic E-state index is -0.254. The van der Waals surface area contributed by atoms with Gasteiger partial charge in [0.2, 0.25) is 0 Å². The molecule has 1 atom stereocenters. The number of benzene rings is 1. The van der Waals surface area contributed by atoms with E-state index < -0.39 is 0 Å². The predicted octanol–water partition coefficient (Wildman–Crippen LogP) is 6.05. The Labute approximate surface area is 153 Å². The molecule has 1 saturated carbocycles. The van der Waals surface area contributed by atoms with E-state index in [2.05, 4.69) is 45.0 Å². The second-order valence-electron chi connectivity index (χ2n) is 7.88. The van der Waals surface area contributed by atoms with E-state index in [1.165, 1.54) is 50.2 Å². The SMILES string of the molecule is CCC(C)COC(=O)/C=C/c1ccc(CCC2CCC(C)CC2)cc1. The Bertz CT molecular complexity index is 536. The Morgan fingerprint density at radius 3 is 2.52 bits per heavy atom. The van der Waals surface area contributed by atoms with Crippen LogP contribution in [-0.2, 0) is 16.0 Å². The maximum Gasteiger partial charge on any atom is 0.330 e. The highest BCUT2D eigenvalue weighted by Gasteiger charge is 2.17. The highest BCUT2D eigenvalue weighted by Crippen LogP contribution is 2.31. The molecule has 0 bridgehead atoms. The maximum atomic E-state index is 11.7. The summed E-state index contributed by atoms with van der Waals surface area (Å²) >= 11 is 0. The van der Waals surface area contributed by atoms with Gasteiger partial charge in [-0.2, -0.15) is 0 Å². The molecule has 1 aliphatic rings. The molecule has 0 N–H and O–H groups in total. The first-order valence-electron chi connectivity index (χ1n) is 10.0. The van der Waals surface area contributed by atoms with E-state index in [-0.39, 0.29) is 5.97 Å². The molecule has 0 amide bonds. The average molecular weight is 343 g/mol. The molecule has 2 heteroatoms. The molecule has 2 rings (SSSR count). The highest BCUT2D eigenvalue weighted by atomic mass is 16.5. The van der Waals surface area contributed by atoms with Gasteiger partial charge in [0.1, 0.15) is 0 Å². The van der Waals surface area contributed by atoms with Gasteiger partial charge >= 0.3 is 5.97 Å². The molecule has 0 radical (unpaired) electrons. The molecule has 0 aliphatic heterocycles. The summed E-state index contributed by atoms with van der Waals surface area (Å²) in [5.41, 5.74) is 2.45. The van der Waals surface area contributed by atoms with Crippen LogP contribution in [0.4, 0.5) is 0 Å². The first-order chi connectivity index (χ1) is 12.1. The van der Waals surface area contributed by atoms with Crippen molar-refractivity contribution in [3.05, 3.63) is 41.5 Å². The van der Waals surface area contributed by atoms with Crippen LogP contribution in [0.15, 0.2) is 30.3 Å². The third-order valence-corrected chi connectivity index (χ3v) is 5.58. The predicted molar refractivity (Wildman–Crippen MR) is 105 cm³/mol. The summed E-state index contributed by atoms with van der Waals surface area (Å²) in [4.78, 5) is 11.7. The largest absolute Gasteiger partial charge is 0.462 e. The molecule has 0 saturated heterocycles. The summed E-state index contributed by atoms with van der Waals surface area (Å²) in [5.74, 6) is 2.01. The average Bonchev–Trinajstić information content (AvgIpc) is 2.64. The third kappa shape index (κ3) is 7.46. The summed E-state index contributed by atoms with van der Waals surface area (Å²) in [6.45, 7) is 7.06. The summed E-state index contributed by atoms with van der Waals surface area (Å²) in [5, 5.41) is 0. The van der Waals surface area contributed by atoms with Gasteiger partial charge < -0.3 is 4.74 Å². The number of aryl methyl sites for hydroxylation is 1. The summed E-state index contributed by atoms with van der Waals surface area (Å²) in [6.07, 6.45) is 12.5. The molecule has 0 aromatic heterocycles. The lowest BCUT2D eigenvalue weighted by atomic mass is 9.80. The molecule has 1 aromatic carbocycles. The Balaban J connectivity index is 1.73. The van der Waals surface area contributed by atoms with E-state index >= 15 is 0 Å². The van der Waals surface area contributed by atoms with E-state index in [9.17, 15) is 4.79 Å². The van der Waals surface area contributed by atoms with Crippen molar-refractivity contribution in [1.82, 2.24) is 0 Å². The van der Waals surface area contributed by atoms with Gasteiger partial charge in [-0.25, -0.2) is 4.79 Å². The number of hydrogen-bond donors (Lipinski definition) is 0. The molecule has 138 valence electrons. The fourth-order valence-corrected chi connectivity index (χ4v) is 3.34. The molecule has 1 aliphatic carbocycles. The monoisotopic (exact) mass is 342 g/mol. The van der Waals surface area contributed by atoms with Gasteiger partial charge in [0.25, 0.3) is 0 Å². The fourth-order valence-electron chi connectivity index (χ4n) is 3.34. The Morgan fingerprint density at radius 2 is 1.88 bits per heavy atom. The molecule has 25 heavy (non-hydrogen) atoms. The summed E-state index contributed by atoms with van der Waals surface area (Å²) in [7, 11) is 0. The van der Waals surface area contributed by atoms with E-state index in [0.717, 1.165) is 23.8 Å². The minimum Gasteiger partial charge on any atom is -0.462 e. The number of carbonyl (C=O) groups is 1. The quantitative estimate of drug-likeness (QED) is 0.425. The zero-order chi connectivity index (χ0) is 18.1. The zero-order valence-electron chi connectivity index (χ0n) is 16.2. The molecule has 0 heterocycles. The van der Waals surface area contributed by atoms with Crippen molar-refractivity contribution in [2.45, 2.75) is 65.7 Å². The standard InChI is InChI=1S/C23H34O2/c1-4-18(2)17-25-23(24)16-15-22-13-11-21(12-14-22)10-9-20-7-5-19(3)6-8-20/h11-16,18-20H,4-10,17H2,1-3H3/b16-15+. The van der Waals surface area contributed by atoms with Crippen LogP contribution in [0.3, 0.4) is 0 Å². The number of ether oxygens (including phenoxy) is 1. The van der Waals surface area contributed by atoms with Crippen molar-refractivity contribution in [3.8, 4) is 0 Å². The smallest absolute Gasteiger partial charge is 0.330 e. The van der Waals surface area contributed by atoms with E-state index in [1.54, 1.807) is 0 Å². The second-order valence-corrected chi connectivity index (χ2v) is 7.88. The van der Waals surface area contributed by atoms with Gasteiger partial charge in [0.05, 0.1) is 6.61 Å². The number of rotatable bonds is 8. The molecule has 1 aromatic rings. The lowest BCUT2D eigenvalue weighted by Gasteiger charge is -2.26. The van der Waals surface area contributed by atoms with Crippen LogP contribution in [-0.4, -0.2) is 12.6 Å². The summed E-state index contributed by atoms with van der Waals surface area (Å²) < 4.78 is 5.23. The van der Waals surface area contributed by atoms with Gasteiger partial charge in [-0.15, -0.1) is 0 Å². The topological polar surface area (TPSA) is 26.3 Å². The van der Waals surface area contributed by atoms with Crippen LogP contribution in [0.25, 0.3) is 6.08 Å². The van der Waals surface area contributed by atoms with Crippen LogP contribution in [0.1, 0.15) is 70.4 Å². The van der Waals surface area contributed by atoms with Gasteiger partial charge in [-0.05, 0) is 47.8 Å². The first kappa shape index (κ1) is 19.8. The molecule has 2 nitrogen and oxygen atoms in total. The molecular formula is C23H34O2. The fraction of sp³-hybridized carbons (Fsp3) is 0.609.